The van der Waals surface area contributed by atoms with Gasteiger partial charge in [-0.15, -0.1) is 0 Å². The number of anilines is 2. The summed E-state index contributed by atoms with van der Waals surface area (Å²) in [5.74, 6) is 0.898. The Bertz CT molecular complexity index is 1400. The number of hydrogen-bond donors (Lipinski definition) is 2. The highest BCUT2D eigenvalue weighted by Crippen LogP contribution is 2.34. The van der Waals surface area contributed by atoms with Gasteiger partial charge in [-0.3, -0.25) is 14.7 Å². The summed E-state index contributed by atoms with van der Waals surface area (Å²) in [5, 5.41) is 12.0. The van der Waals surface area contributed by atoms with Crippen molar-refractivity contribution in [1.82, 2.24) is 10.5 Å². The fraction of sp³-hybridized carbons (Fsp3) is 0.222. The Morgan fingerprint density at radius 2 is 1.92 bits per heavy atom. The van der Waals surface area contributed by atoms with Crippen LogP contribution in [0.25, 0.3) is 11.3 Å². The van der Waals surface area contributed by atoms with Gasteiger partial charge in [0.05, 0.1) is 23.4 Å². The molecule has 1 aromatic heterocycles. The van der Waals surface area contributed by atoms with Crippen molar-refractivity contribution in [2.75, 3.05) is 10.2 Å². The van der Waals surface area contributed by atoms with Gasteiger partial charge in [-0.25, -0.2) is 4.39 Å². The van der Waals surface area contributed by atoms with E-state index in [0.29, 0.717) is 29.1 Å². The van der Waals surface area contributed by atoms with Gasteiger partial charge in [-0.1, -0.05) is 54.2 Å². The van der Waals surface area contributed by atoms with Crippen LogP contribution in [0.2, 0.25) is 0 Å². The molecule has 9 heteroatoms. The zero-order valence-electron chi connectivity index (χ0n) is 19.5. The molecule has 0 radical (unpaired) electrons. The number of thioether (sulfide) groups is 1. The van der Waals surface area contributed by atoms with Crippen LogP contribution in [0.15, 0.2) is 82.4 Å². The number of halogens is 1. The smallest absolute Gasteiger partial charge is 0.262 e. The molecule has 0 saturated heterocycles. The number of aliphatic imine (C=N–C) groups is 1. The first-order valence-corrected chi connectivity index (χ1v) is 12.9. The van der Waals surface area contributed by atoms with Gasteiger partial charge in [0.2, 0.25) is 0 Å². The maximum absolute atomic E-state index is 13.4. The van der Waals surface area contributed by atoms with Gasteiger partial charge < -0.3 is 15.2 Å². The van der Waals surface area contributed by atoms with Crippen LogP contribution in [0.3, 0.4) is 0 Å². The number of amides is 1. The van der Waals surface area contributed by atoms with Crippen molar-refractivity contribution < 1.29 is 13.7 Å². The average molecular weight is 502 g/mol. The van der Waals surface area contributed by atoms with Crippen molar-refractivity contribution in [3.63, 3.8) is 0 Å². The first kappa shape index (κ1) is 22.6. The van der Waals surface area contributed by atoms with Crippen LogP contribution >= 0.6 is 11.8 Å². The minimum atomic E-state index is -0.334. The molecule has 182 valence electrons. The van der Waals surface area contributed by atoms with E-state index >= 15 is 0 Å². The van der Waals surface area contributed by atoms with Crippen molar-refractivity contribution in [2.24, 2.45) is 4.99 Å². The lowest BCUT2D eigenvalue weighted by atomic mass is 10.0. The molecule has 2 aliphatic heterocycles. The predicted octanol–water partition coefficient (Wildman–Crippen LogP) is 5.34. The molecule has 1 aliphatic carbocycles. The fourth-order valence-electron chi connectivity index (χ4n) is 4.61. The summed E-state index contributed by atoms with van der Waals surface area (Å²) < 4.78 is 19.0. The number of carbonyl (C=O) groups is 1. The van der Waals surface area contributed by atoms with Crippen LogP contribution in [0.1, 0.15) is 29.5 Å². The zero-order chi connectivity index (χ0) is 24.6. The molecule has 3 atom stereocenters. The number of rotatable bonds is 5. The Balaban J connectivity index is 1.18. The van der Waals surface area contributed by atoms with Crippen LogP contribution in [0.5, 0.6) is 0 Å². The highest BCUT2D eigenvalue weighted by Gasteiger charge is 2.32. The van der Waals surface area contributed by atoms with Crippen LogP contribution in [0.4, 0.5) is 15.8 Å². The number of carbonyl (C=O) groups excluding carboxylic acids is 1. The van der Waals surface area contributed by atoms with Gasteiger partial charge in [0, 0.05) is 23.0 Å². The summed E-state index contributed by atoms with van der Waals surface area (Å²) in [7, 11) is 0. The second-order valence-corrected chi connectivity index (χ2v) is 9.78. The second-order valence-electron chi connectivity index (χ2n) is 8.81. The van der Waals surface area contributed by atoms with Crippen LogP contribution in [-0.2, 0) is 5.75 Å². The molecule has 0 saturated carbocycles. The number of fused-ring (bicyclic) bond motifs is 2. The monoisotopic (exact) mass is 501 g/mol. The standard InChI is InChI=1S/C27H24FN5O2S/c1-2-25-29-24-13-16(7-12-20(24)26(34)33(25)18-10-8-17(28)9-11-18)23-14-19(35-32-23)15-36-27-30-21-5-3-4-6-22(21)31-27/h3-14,21-22,25,29H,2,15H2,1H3,(H,30,31). The van der Waals surface area contributed by atoms with Gasteiger partial charge in [-0.05, 0) is 42.8 Å². The maximum Gasteiger partial charge on any atom is 0.262 e. The third-order valence-corrected chi connectivity index (χ3v) is 7.39. The molecule has 36 heavy (non-hydrogen) atoms. The third kappa shape index (κ3) is 4.19. The van der Waals surface area contributed by atoms with E-state index in [4.69, 9.17) is 9.52 Å². The lowest BCUT2D eigenvalue weighted by molar-refractivity contribution is 0.0974. The summed E-state index contributed by atoms with van der Waals surface area (Å²) in [4.78, 5) is 19.7. The molecular weight excluding hydrogens is 477 g/mol. The molecule has 0 bridgehead atoms. The van der Waals surface area contributed by atoms with Gasteiger partial charge in [0.15, 0.2) is 5.17 Å². The summed E-state index contributed by atoms with van der Waals surface area (Å²) >= 11 is 1.59. The van der Waals surface area contributed by atoms with E-state index < -0.39 is 0 Å². The molecule has 6 rings (SSSR count). The number of aromatic nitrogens is 1. The van der Waals surface area contributed by atoms with Gasteiger partial charge >= 0.3 is 0 Å². The van der Waals surface area contributed by atoms with E-state index in [1.807, 2.05) is 37.3 Å². The maximum atomic E-state index is 13.4. The Morgan fingerprint density at radius 3 is 2.72 bits per heavy atom. The van der Waals surface area contributed by atoms with E-state index in [0.717, 1.165) is 22.2 Å². The van der Waals surface area contributed by atoms with Crippen molar-refractivity contribution in [3.05, 3.63) is 90.0 Å². The Kier molecular flexibility index (Phi) is 5.85. The van der Waals surface area contributed by atoms with Gasteiger partial charge in [0.1, 0.15) is 23.4 Å². The molecule has 7 nitrogen and oxygen atoms in total. The number of nitrogens with zero attached hydrogens (tertiary/aromatic N) is 3. The number of amidine groups is 1. The second kappa shape index (κ2) is 9.31. The van der Waals surface area contributed by atoms with Crippen molar-refractivity contribution in [1.29, 1.82) is 0 Å². The minimum absolute atomic E-state index is 0.124. The Morgan fingerprint density at radius 1 is 1.08 bits per heavy atom. The Labute approximate surface area is 212 Å². The molecule has 0 fully saturated rings. The minimum Gasteiger partial charge on any atom is -0.364 e. The SMILES string of the molecule is CCC1Nc2cc(-c3cc(CSC4=NC5C=CC=CC5N4)on3)ccc2C(=O)N1c1ccc(F)cc1. The zero-order valence-corrected chi connectivity index (χ0v) is 20.3. The van der Waals surface area contributed by atoms with Crippen molar-refractivity contribution >= 4 is 34.2 Å². The van der Waals surface area contributed by atoms with E-state index in [2.05, 4.69) is 27.9 Å². The molecule has 3 aromatic rings. The summed E-state index contributed by atoms with van der Waals surface area (Å²) in [6, 6.07) is 13.9. The molecule has 0 spiro atoms. The number of benzene rings is 2. The van der Waals surface area contributed by atoms with Crippen LogP contribution in [-0.4, -0.2) is 34.5 Å². The van der Waals surface area contributed by atoms with E-state index in [-0.39, 0.29) is 30.0 Å². The summed E-state index contributed by atoms with van der Waals surface area (Å²) in [6.45, 7) is 2.00. The van der Waals surface area contributed by atoms with Crippen molar-refractivity contribution in [3.8, 4) is 11.3 Å². The molecule has 2 N–H and O–H groups in total. The summed E-state index contributed by atoms with van der Waals surface area (Å²) in [5.41, 5.74) is 3.52. The lowest BCUT2D eigenvalue weighted by Crippen LogP contribution is -2.48. The Hall–Kier alpha value is -3.85. The quantitative estimate of drug-likeness (QED) is 0.491. The molecule has 1 amide bonds. The highest BCUT2D eigenvalue weighted by atomic mass is 32.2. The first-order valence-electron chi connectivity index (χ1n) is 11.9. The largest absolute Gasteiger partial charge is 0.364 e. The topological polar surface area (TPSA) is 82.8 Å². The fourth-order valence-corrected chi connectivity index (χ4v) is 5.44. The number of hydrogen-bond acceptors (Lipinski definition) is 7. The van der Waals surface area contributed by atoms with E-state index in [1.54, 1.807) is 34.9 Å². The highest BCUT2D eigenvalue weighted by molar-refractivity contribution is 8.13. The van der Waals surface area contributed by atoms with Crippen LogP contribution < -0.4 is 15.5 Å². The average Bonchev–Trinajstić information content (AvgIpc) is 3.54. The number of allylic oxidation sites excluding steroid dienone is 2. The van der Waals surface area contributed by atoms with E-state index in [9.17, 15) is 9.18 Å². The molecular formula is C27H24FN5O2S. The third-order valence-electron chi connectivity index (χ3n) is 6.46. The first-order chi connectivity index (χ1) is 17.6. The van der Waals surface area contributed by atoms with Gasteiger partial charge in [-0.2, -0.15) is 0 Å². The molecule has 3 aliphatic rings. The van der Waals surface area contributed by atoms with E-state index in [1.165, 1.54) is 12.1 Å². The molecule has 3 heterocycles. The van der Waals surface area contributed by atoms with Gasteiger partial charge in [0.25, 0.3) is 5.91 Å². The van der Waals surface area contributed by atoms with Crippen molar-refractivity contribution in [2.45, 2.75) is 37.3 Å². The predicted molar refractivity (Wildman–Crippen MR) is 141 cm³/mol. The molecule has 3 unspecified atom stereocenters. The number of nitrogens with one attached hydrogen (secondary N) is 2. The molecule has 2 aromatic carbocycles. The lowest BCUT2D eigenvalue weighted by Gasteiger charge is -2.37. The van der Waals surface area contributed by atoms with Crippen LogP contribution in [0, 0.1) is 5.82 Å². The summed E-state index contributed by atoms with van der Waals surface area (Å²) in [6.07, 6.45) is 8.70. The normalized spacial score (nSPS) is 22.1.